The average molecular weight is 428 g/mol. The summed E-state index contributed by atoms with van der Waals surface area (Å²) in [6.07, 6.45) is 0.288. The van der Waals surface area contributed by atoms with Gasteiger partial charge in [0.2, 0.25) is 5.91 Å². The summed E-state index contributed by atoms with van der Waals surface area (Å²) in [6.45, 7) is 8.84. The minimum Gasteiger partial charge on any atom is -0.477 e. The van der Waals surface area contributed by atoms with Gasteiger partial charge in [-0.1, -0.05) is 6.92 Å². The summed E-state index contributed by atoms with van der Waals surface area (Å²) in [6, 6.07) is -0.219. The SMILES string of the molecule is CC(O)[C@H]1C(=O)N2C(C(=O)O)=C(S[C@@H]3CCN(CC4CNCCS4)C3)[C@H](C)[C@H]12. The zero-order valence-corrected chi connectivity index (χ0v) is 18.0. The Morgan fingerprint density at radius 2 is 2.25 bits per heavy atom. The first-order valence-corrected chi connectivity index (χ1v) is 12.0. The molecule has 3 saturated heterocycles. The molecular formula is C19H29N3O4S2. The fourth-order valence-corrected chi connectivity index (χ4v) is 7.61. The van der Waals surface area contributed by atoms with Crippen molar-refractivity contribution in [2.75, 3.05) is 38.5 Å². The number of hydrogen-bond donors (Lipinski definition) is 3. The number of amides is 1. The van der Waals surface area contributed by atoms with Crippen LogP contribution in [0.1, 0.15) is 20.3 Å². The van der Waals surface area contributed by atoms with Crippen LogP contribution in [0.4, 0.5) is 0 Å². The first-order valence-electron chi connectivity index (χ1n) is 10.1. The highest BCUT2D eigenvalue weighted by molar-refractivity contribution is 8.03. The summed E-state index contributed by atoms with van der Waals surface area (Å²) in [5.41, 5.74) is 0.148. The molecule has 0 aromatic heterocycles. The number of β-lactam (4-membered cyclic amide) rings is 1. The maximum Gasteiger partial charge on any atom is 0.353 e. The lowest BCUT2D eigenvalue weighted by atomic mass is 9.79. The van der Waals surface area contributed by atoms with Gasteiger partial charge in [0.25, 0.3) is 0 Å². The van der Waals surface area contributed by atoms with Gasteiger partial charge in [-0.25, -0.2) is 4.79 Å². The smallest absolute Gasteiger partial charge is 0.353 e. The van der Waals surface area contributed by atoms with E-state index in [2.05, 4.69) is 10.2 Å². The third-order valence-electron chi connectivity index (χ3n) is 6.30. The summed E-state index contributed by atoms with van der Waals surface area (Å²) in [4.78, 5) is 29.1. The fraction of sp³-hybridized carbons (Fsp3) is 0.789. The minimum absolute atomic E-state index is 0.0412. The van der Waals surface area contributed by atoms with Gasteiger partial charge in [-0.2, -0.15) is 11.8 Å². The summed E-state index contributed by atoms with van der Waals surface area (Å²) < 4.78 is 0. The maximum absolute atomic E-state index is 12.4. The number of carboxylic acids is 1. The molecule has 2 unspecified atom stereocenters. The van der Waals surface area contributed by atoms with E-state index in [1.165, 1.54) is 10.7 Å². The van der Waals surface area contributed by atoms with Crippen LogP contribution in [-0.2, 0) is 9.59 Å². The van der Waals surface area contributed by atoms with Crippen LogP contribution in [-0.4, -0.2) is 93.0 Å². The Hall–Kier alpha value is -0.740. The molecule has 156 valence electrons. The second-order valence-electron chi connectivity index (χ2n) is 8.26. The Morgan fingerprint density at radius 1 is 1.46 bits per heavy atom. The van der Waals surface area contributed by atoms with E-state index in [4.69, 9.17) is 0 Å². The van der Waals surface area contributed by atoms with Crippen LogP contribution in [0.3, 0.4) is 0 Å². The number of nitrogens with zero attached hydrogens (tertiary/aromatic N) is 2. The summed E-state index contributed by atoms with van der Waals surface area (Å²) >= 11 is 3.68. The van der Waals surface area contributed by atoms with Crippen molar-refractivity contribution in [2.24, 2.45) is 11.8 Å². The Balaban J connectivity index is 1.42. The molecule has 0 saturated carbocycles. The second-order valence-corrected chi connectivity index (χ2v) is 11.0. The molecule has 4 heterocycles. The Morgan fingerprint density at radius 3 is 2.89 bits per heavy atom. The largest absolute Gasteiger partial charge is 0.477 e. The van der Waals surface area contributed by atoms with Crippen molar-refractivity contribution in [2.45, 2.75) is 42.9 Å². The number of carbonyl (C=O) groups is 2. The molecular weight excluding hydrogens is 398 g/mol. The van der Waals surface area contributed by atoms with Crippen molar-refractivity contribution in [3.8, 4) is 0 Å². The molecule has 7 nitrogen and oxygen atoms in total. The predicted octanol–water partition coefficient (Wildman–Crippen LogP) is 0.653. The highest BCUT2D eigenvalue weighted by atomic mass is 32.2. The van der Waals surface area contributed by atoms with Gasteiger partial charge in [0.15, 0.2) is 0 Å². The molecule has 1 amide bonds. The number of rotatable bonds is 6. The molecule has 3 N–H and O–H groups in total. The molecule has 0 spiro atoms. The molecule has 4 aliphatic rings. The quantitative estimate of drug-likeness (QED) is 0.532. The monoisotopic (exact) mass is 427 g/mol. The molecule has 0 bridgehead atoms. The van der Waals surface area contributed by atoms with Gasteiger partial charge in [0.1, 0.15) is 5.70 Å². The Bertz CT molecular complexity index is 680. The van der Waals surface area contributed by atoms with E-state index in [1.54, 1.807) is 18.7 Å². The molecule has 0 radical (unpaired) electrons. The molecule has 9 heteroatoms. The highest BCUT2D eigenvalue weighted by Gasteiger charge is 2.60. The zero-order chi connectivity index (χ0) is 20.0. The van der Waals surface area contributed by atoms with Crippen molar-refractivity contribution < 1.29 is 19.8 Å². The lowest BCUT2D eigenvalue weighted by Gasteiger charge is -2.46. The predicted molar refractivity (Wildman–Crippen MR) is 111 cm³/mol. The third kappa shape index (κ3) is 3.60. The second kappa shape index (κ2) is 8.18. The normalized spacial score (nSPS) is 37.2. The number of fused-ring (bicyclic) bond motifs is 1. The number of aliphatic hydroxyl groups is 1. The Kier molecular flexibility index (Phi) is 6.00. The number of carboxylic acid groups (broad SMARTS) is 1. The van der Waals surface area contributed by atoms with Gasteiger partial charge in [-0.3, -0.25) is 4.79 Å². The van der Waals surface area contributed by atoms with E-state index in [0.29, 0.717) is 10.5 Å². The van der Waals surface area contributed by atoms with Crippen molar-refractivity contribution >= 4 is 35.4 Å². The van der Waals surface area contributed by atoms with Crippen molar-refractivity contribution in [3.63, 3.8) is 0 Å². The van der Waals surface area contributed by atoms with Gasteiger partial charge in [0, 0.05) is 53.3 Å². The molecule has 0 aliphatic carbocycles. The minimum atomic E-state index is -1.03. The van der Waals surface area contributed by atoms with Gasteiger partial charge in [0.05, 0.1) is 18.1 Å². The van der Waals surface area contributed by atoms with Crippen LogP contribution >= 0.6 is 23.5 Å². The highest BCUT2D eigenvalue weighted by Crippen LogP contribution is 2.51. The van der Waals surface area contributed by atoms with E-state index < -0.39 is 18.0 Å². The molecule has 4 rings (SSSR count). The molecule has 6 atom stereocenters. The lowest BCUT2D eigenvalue weighted by Crippen LogP contribution is -2.63. The lowest BCUT2D eigenvalue weighted by molar-refractivity contribution is -0.163. The molecule has 28 heavy (non-hydrogen) atoms. The standard InChI is InChI=1S/C19H29N3O4S2/c1-10-15-14(11(2)23)18(24)22(15)16(19(25)26)17(10)28-12-3-5-21(8-12)9-13-7-20-4-6-27-13/h10-15,20,23H,3-9H2,1-2H3,(H,25,26)/t10-,11?,12-,13?,14-,15-/m1/s1. The van der Waals surface area contributed by atoms with Crippen LogP contribution in [0, 0.1) is 11.8 Å². The zero-order valence-electron chi connectivity index (χ0n) is 16.3. The van der Waals surface area contributed by atoms with E-state index in [1.807, 2.05) is 18.7 Å². The van der Waals surface area contributed by atoms with Crippen LogP contribution in [0.25, 0.3) is 0 Å². The molecule has 3 fully saturated rings. The molecule has 0 aromatic rings. The van der Waals surface area contributed by atoms with Crippen molar-refractivity contribution in [1.29, 1.82) is 0 Å². The van der Waals surface area contributed by atoms with Gasteiger partial charge < -0.3 is 25.3 Å². The Labute approximate surface area is 174 Å². The molecule has 0 aromatic carbocycles. The summed E-state index contributed by atoms with van der Waals surface area (Å²) in [5.74, 6) is -0.652. The van der Waals surface area contributed by atoms with Crippen LogP contribution < -0.4 is 5.32 Å². The van der Waals surface area contributed by atoms with E-state index in [0.717, 1.165) is 44.0 Å². The number of nitrogens with one attached hydrogen (secondary N) is 1. The first kappa shape index (κ1) is 20.5. The van der Waals surface area contributed by atoms with Crippen molar-refractivity contribution in [1.82, 2.24) is 15.1 Å². The summed E-state index contributed by atoms with van der Waals surface area (Å²) in [5, 5.41) is 24.2. The topological polar surface area (TPSA) is 93.1 Å². The van der Waals surface area contributed by atoms with E-state index in [9.17, 15) is 19.8 Å². The van der Waals surface area contributed by atoms with Crippen LogP contribution in [0.5, 0.6) is 0 Å². The van der Waals surface area contributed by atoms with Gasteiger partial charge in [-0.15, -0.1) is 11.8 Å². The number of thioether (sulfide) groups is 2. The number of aliphatic carboxylic acids is 1. The summed E-state index contributed by atoms with van der Waals surface area (Å²) in [7, 11) is 0. The maximum atomic E-state index is 12.4. The number of hydrogen-bond acceptors (Lipinski definition) is 7. The first-order chi connectivity index (χ1) is 13.4. The molecule has 4 aliphatic heterocycles. The number of likely N-dealkylation sites (tertiary alicyclic amines) is 1. The number of carbonyl (C=O) groups excluding carboxylic acids is 1. The third-order valence-corrected chi connectivity index (χ3v) is 9.06. The number of aliphatic hydroxyl groups excluding tert-OH is 1. The van der Waals surface area contributed by atoms with Crippen molar-refractivity contribution in [3.05, 3.63) is 10.6 Å². The van der Waals surface area contributed by atoms with Crippen LogP contribution in [0.15, 0.2) is 10.6 Å². The van der Waals surface area contributed by atoms with E-state index in [-0.39, 0.29) is 23.6 Å². The average Bonchev–Trinajstić information content (AvgIpc) is 3.17. The van der Waals surface area contributed by atoms with Gasteiger partial charge >= 0.3 is 5.97 Å². The van der Waals surface area contributed by atoms with Gasteiger partial charge in [-0.05, 0) is 19.9 Å². The van der Waals surface area contributed by atoms with E-state index >= 15 is 0 Å². The fourth-order valence-electron chi connectivity index (χ4n) is 4.94. The van der Waals surface area contributed by atoms with Crippen LogP contribution in [0.2, 0.25) is 0 Å².